The molecule has 0 bridgehead atoms. The Kier molecular flexibility index (Phi) is 5.87. The molecule has 1 saturated heterocycles. The van der Waals surface area contributed by atoms with Gasteiger partial charge >= 0.3 is 6.03 Å². The van der Waals surface area contributed by atoms with Crippen LogP contribution in [-0.2, 0) is 10.8 Å². The first-order valence-electron chi connectivity index (χ1n) is 8.04. The number of urea groups is 1. The van der Waals surface area contributed by atoms with Gasteiger partial charge in [0.25, 0.3) is 0 Å². The molecule has 4 nitrogen and oxygen atoms in total. The molecule has 1 aliphatic carbocycles. The Morgan fingerprint density at radius 3 is 2.70 bits per heavy atom. The van der Waals surface area contributed by atoms with E-state index in [1.54, 1.807) is 0 Å². The molecule has 0 aromatic carbocycles. The van der Waals surface area contributed by atoms with Crippen LogP contribution in [-0.4, -0.2) is 45.3 Å². The van der Waals surface area contributed by atoms with Gasteiger partial charge in [-0.2, -0.15) is 0 Å². The Balaban J connectivity index is 1.92. The lowest BCUT2D eigenvalue weighted by Gasteiger charge is -2.36. The lowest BCUT2D eigenvalue weighted by molar-refractivity contribution is 0.164. The average Bonchev–Trinajstić information content (AvgIpc) is 2.47. The van der Waals surface area contributed by atoms with E-state index in [0.29, 0.717) is 11.7 Å². The molecular formula is C15H28N2O2S. The summed E-state index contributed by atoms with van der Waals surface area (Å²) in [6.45, 7) is 5.90. The highest BCUT2D eigenvalue weighted by Crippen LogP contribution is 2.24. The number of hydrogen-bond acceptors (Lipinski definition) is 2. The molecule has 116 valence electrons. The van der Waals surface area contributed by atoms with E-state index in [4.69, 9.17) is 0 Å². The molecule has 20 heavy (non-hydrogen) atoms. The van der Waals surface area contributed by atoms with Crippen LogP contribution in [0.2, 0.25) is 0 Å². The SMILES string of the molecule is CCS(=O)C1CCCCC1NC(=O)N1CCCC(C)C1. The fourth-order valence-corrected chi connectivity index (χ4v) is 4.84. The predicted octanol–water partition coefficient (Wildman–Crippen LogP) is 2.51. The highest BCUT2D eigenvalue weighted by molar-refractivity contribution is 7.85. The van der Waals surface area contributed by atoms with Gasteiger partial charge in [0.1, 0.15) is 0 Å². The zero-order valence-electron chi connectivity index (χ0n) is 12.8. The van der Waals surface area contributed by atoms with E-state index in [9.17, 15) is 9.00 Å². The smallest absolute Gasteiger partial charge is 0.317 e. The Morgan fingerprint density at radius 1 is 1.25 bits per heavy atom. The number of carbonyl (C=O) groups is 1. The number of rotatable bonds is 3. The Hall–Kier alpha value is -0.580. The zero-order chi connectivity index (χ0) is 14.5. The lowest BCUT2D eigenvalue weighted by Crippen LogP contribution is -2.53. The minimum atomic E-state index is -0.805. The molecule has 2 rings (SSSR count). The first-order valence-corrected chi connectivity index (χ1v) is 9.42. The van der Waals surface area contributed by atoms with E-state index in [0.717, 1.165) is 45.2 Å². The molecule has 1 N–H and O–H groups in total. The molecule has 0 spiro atoms. The molecule has 2 amide bonds. The number of piperidine rings is 1. The Bertz CT molecular complexity index is 362. The van der Waals surface area contributed by atoms with Crippen LogP contribution in [0.15, 0.2) is 0 Å². The molecule has 5 heteroatoms. The molecule has 1 aliphatic heterocycles. The standard InChI is InChI=1S/C15H28N2O2S/c1-3-20(19)14-9-5-4-8-13(14)16-15(18)17-10-6-7-12(2)11-17/h12-14H,3-11H2,1-2H3,(H,16,18). The first-order chi connectivity index (χ1) is 9.61. The fraction of sp³-hybridized carbons (Fsp3) is 0.933. The van der Waals surface area contributed by atoms with Crippen LogP contribution in [0.25, 0.3) is 0 Å². The number of nitrogens with one attached hydrogen (secondary N) is 1. The van der Waals surface area contributed by atoms with Crippen molar-refractivity contribution in [2.75, 3.05) is 18.8 Å². The number of carbonyl (C=O) groups excluding carboxylic acids is 1. The van der Waals surface area contributed by atoms with Crippen molar-refractivity contribution in [1.29, 1.82) is 0 Å². The molecule has 4 unspecified atom stereocenters. The normalized spacial score (nSPS) is 32.7. The van der Waals surface area contributed by atoms with Gasteiger partial charge in [0.2, 0.25) is 0 Å². The summed E-state index contributed by atoms with van der Waals surface area (Å²) in [4.78, 5) is 14.3. The molecule has 2 aliphatic rings. The molecule has 4 atom stereocenters. The van der Waals surface area contributed by atoms with Crippen molar-refractivity contribution < 1.29 is 9.00 Å². The summed E-state index contributed by atoms with van der Waals surface area (Å²) in [5, 5.41) is 3.32. The van der Waals surface area contributed by atoms with Crippen LogP contribution in [0, 0.1) is 5.92 Å². The van der Waals surface area contributed by atoms with Crippen molar-refractivity contribution in [3.8, 4) is 0 Å². The van der Waals surface area contributed by atoms with Crippen molar-refractivity contribution in [1.82, 2.24) is 10.2 Å². The van der Waals surface area contributed by atoms with Crippen LogP contribution in [0.4, 0.5) is 4.79 Å². The quantitative estimate of drug-likeness (QED) is 0.870. The van der Waals surface area contributed by atoms with E-state index in [1.165, 1.54) is 6.42 Å². The fourth-order valence-electron chi connectivity index (χ4n) is 3.41. The zero-order valence-corrected chi connectivity index (χ0v) is 13.6. The summed E-state index contributed by atoms with van der Waals surface area (Å²) >= 11 is 0. The van der Waals surface area contributed by atoms with E-state index < -0.39 is 10.8 Å². The second-order valence-corrected chi connectivity index (χ2v) is 8.19. The maximum Gasteiger partial charge on any atom is 0.317 e. The van der Waals surface area contributed by atoms with Crippen molar-refractivity contribution in [2.24, 2.45) is 5.92 Å². The van der Waals surface area contributed by atoms with Gasteiger partial charge in [-0.1, -0.05) is 26.7 Å². The van der Waals surface area contributed by atoms with Gasteiger partial charge in [0, 0.05) is 35.7 Å². The van der Waals surface area contributed by atoms with Gasteiger partial charge in [0.15, 0.2) is 0 Å². The van der Waals surface area contributed by atoms with E-state index in [1.807, 2.05) is 11.8 Å². The van der Waals surface area contributed by atoms with Crippen LogP contribution >= 0.6 is 0 Å². The molecule has 0 aromatic heterocycles. The third kappa shape index (κ3) is 3.96. The summed E-state index contributed by atoms with van der Waals surface area (Å²) in [5.74, 6) is 1.29. The summed E-state index contributed by atoms with van der Waals surface area (Å²) in [6, 6.07) is 0.163. The Morgan fingerprint density at radius 2 is 2.00 bits per heavy atom. The molecule has 0 radical (unpaired) electrons. The van der Waals surface area contributed by atoms with E-state index in [-0.39, 0.29) is 17.3 Å². The second-order valence-electron chi connectivity index (χ2n) is 6.24. The van der Waals surface area contributed by atoms with Gasteiger partial charge in [-0.25, -0.2) is 4.79 Å². The summed E-state index contributed by atoms with van der Waals surface area (Å²) < 4.78 is 12.1. The van der Waals surface area contributed by atoms with Crippen LogP contribution < -0.4 is 5.32 Å². The molecular weight excluding hydrogens is 272 g/mol. The van der Waals surface area contributed by atoms with Crippen molar-refractivity contribution >= 4 is 16.8 Å². The van der Waals surface area contributed by atoms with Crippen molar-refractivity contribution in [3.63, 3.8) is 0 Å². The van der Waals surface area contributed by atoms with E-state index >= 15 is 0 Å². The monoisotopic (exact) mass is 300 g/mol. The van der Waals surface area contributed by atoms with Crippen LogP contribution in [0.3, 0.4) is 0 Å². The number of nitrogens with zero attached hydrogens (tertiary/aromatic N) is 1. The lowest BCUT2D eigenvalue weighted by atomic mass is 9.95. The summed E-state index contributed by atoms with van der Waals surface area (Å²) in [5.41, 5.74) is 0. The highest BCUT2D eigenvalue weighted by atomic mass is 32.2. The number of hydrogen-bond donors (Lipinski definition) is 1. The van der Waals surface area contributed by atoms with Crippen molar-refractivity contribution in [3.05, 3.63) is 0 Å². The molecule has 1 saturated carbocycles. The minimum Gasteiger partial charge on any atom is -0.334 e. The topological polar surface area (TPSA) is 49.4 Å². The van der Waals surface area contributed by atoms with Gasteiger partial charge in [-0.3, -0.25) is 4.21 Å². The molecule has 0 aromatic rings. The number of likely N-dealkylation sites (tertiary alicyclic amines) is 1. The van der Waals surface area contributed by atoms with Gasteiger partial charge in [0.05, 0.1) is 5.25 Å². The summed E-state index contributed by atoms with van der Waals surface area (Å²) in [6.07, 6.45) is 6.56. The Labute approximate surface area is 125 Å². The maximum absolute atomic E-state index is 12.4. The van der Waals surface area contributed by atoms with Gasteiger partial charge in [-0.05, 0) is 31.6 Å². The third-order valence-electron chi connectivity index (χ3n) is 4.58. The second kappa shape index (κ2) is 7.43. The van der Waals surface area contributed by atoms with E-state index in [2.05, 4.69) is 12.2 Å². The minimum absolute atomic E-state index is 0.0570. The molecule has 1 heterocycles. The third-order valence-corrected chi connectivity index (χ3v) is 6.39. The average molecular weight is 300 g/mol. The van der Waals surface area contributed by atoms with Crippen molar-refractivity contribution in [2.45, 2.75) is 63.7 Å². The highest BCUT2D eigenvalue weighted by Gasteiger charge is 2.32. The predicted molar refractivity (Wildman–Crippen MR) is 83.2 cm³/mol. The van der Waals surface area contributed by atoms with Crippen LogP contribution in [0.5, 0.6) is 0 Å². The summed E-state index contributed by atoms with van der Waals surface area (Å²) in [7, 11) is -0.805. The largest absolute Gasteiger partial charge is 0.334 e. The van der Waals surface area contributed by atoms with Gasteiger partial charge in [-0.15, -0.1) is 0 Å². The first kappa shape index (κ1) is 15.8. The van der Waals surface area contributed by atoms with Gasteiger partial charge < -0.3 is 10.2 Å². The maximum atomic E-state index is 12.4. The molecule has 2 fully saturated rings. The van der Waals surface area contributed by atoms with Crippen LogP contribution in [0.1, 0.15) is 52.4 Å². The number of amides is 2.